The maximum absolute atomic E-state index is 5.61. The van der Waals surface area contributed by atoms with Crippen LogP contribution in [-0.4, -0.2) is 19.7 Å². The predicted octanol–water partition coefficient (Wildman–Crippen LogP) is 2.60. The Hall–Kier alpha value is -1.43. The van der Waals surface area contributed by atoms with E-state index < -0.39 is 0 Å². The Labute approximate surface area is 108 Å². The van der Waals surface area contributed by atoms with Crippen molar-refractivity contribution in [1.82, 2.24) is 19.7 Å². The van der Waals surface area contributed by atoms with Crippen LogP contribution in [0.5, 0.6) is 5.75 Å². The summed E-state index contributed by atoms with van der Waals surface area (Å²) in [6, 6.07) is 2.14. The monoisotopic (exact) mass is 296 g/mol. The molecule has 2 aromatic heterocycles. The fourth-order valence-electron chi connectivity index (χ4n) is 1.43. The van der Waals surface area contributed by atoms with Crippen LogP contribution in [0.25, 0.3) is 0 Å². The average Bonchev–Trinajstić information content (AvgIpc) is 2.74. The van der Waals surface area contributed by atoms with Gasteiger partial charge < -0.3 is 4.74 Å². The second-order valence-electron chi connectivity index (χ2n) is 3.84. The van der Waals surface area contributed by atoms with Crippen LogP contribution >= 0.6 is 15.9 Å². The Bertz CT molecular complexity index is 498. The second-order valence-corrected chi connectivity index (χ2v) is 4.76. The van der Waals surface area contributed by atoms with Gasteiger partial charge in [0.05, 0.1) is 6.20 Å². The third-order valence-electron chi connectivity index (χ3n) is 2.18. The van der Waals surface area contributed by atoms with Gasteiger partial charge in [0.15, 0.2) is 5.82 Å². The first kappa shape index (κ1) is 12.0. The molecular weight excluding hydrogens is 284 g/mol. The molecule has 0 saturated carbocycles. The van der Waals surface area contributed by atoms with Crippen molar-refractivity contribution in [3.63, 3.8) is 0 Å². The molecule has 0 radical (unpaired) electrons. The molecule has 0 N–H and O–H groups in total. The van der Waals surface area contributed by atoms with E-state index in [0.29, 0.717) is 12.4 Å². The highest BCUT2D eigenvalue weighted by atomic mass is 79.9. The summed E-state index contributed by atoms with van der Waals surface area (Å²) < 4.78 is 8.33. The van der Waals surface area contributed by atoms with Crippen molar-refractivity contribution < 1.29 is 4.74 Å². The zero-order valence-corrected chi connectivity index (χ0v) is 11.3. The summed E-state index contributed by atoms with van der Waals surface area (Å²) in [4.78, 5) is 8.20. The van der Waals surface area contributed by atoms with E-state index in [0.717, 1.165) is 10.3 Å². The van der Waals surface area contributed by atoms with E-state index >= 15 is 0 Å². The largest absolute Gasteiger partial charge is 0.484 e. The summed E-state index contributed by atoms with van der Waals surface area (Å²) in [6.07, 6.45) is 4.92. The quantitative estimate of drug-likeness (QED) is 0.870. The standard InChI is InChI=1S/C11H13BrN4O/c1-8(2)16-11(14-7-15-16)6-17-10-3-9(12)4-13-5-10/h3-5,7-8H,6H2,1-2H3. The van der Waals surface area contributed by atoms with Gasteiger partial charge in [0.1, 0.15) is 18.7 Å². The minimum absolute atomic E-state index is 0.275. The van der Waals surface area contributed by atoms with Crippen molar-refractivity contribution in [3.8, 4) is 5.75 Å². The molecule has 0 aliphatic carbocycles. The van der Waals surface area contributed by atoms with Crippen molar-refractivity contribution in [2.75, 3.05) is 0 Å². The van der Waals surface area contributed by atoms with Gasteiger partial charge in [-0.2, -0.15) is 5.10 Å². The lowest BCUT2D eigenvalue weighted by Crippen LogP contribution is -2.10. The molecule has 0 fully saturated rings. The Kier molecular flexibility index (Phi) is 3.73. The molecule has 2 rings (SSSR count). The van der Waals surface area contributed by atoms with E-state index in [-0.39, 0.29) is 6.04 Å². The van der Waals surface area contributed by atoms with E-state index in [1.807, 2.05) is 10.7 Å². The van der Waals surface area contributed by atoms with Crippen molar-refractivity contribution in [2.24, 2.45) is 0 Å². The van der Waals surface area contributed by atoms with Gasteiger partial charge in [-0.1, -0.05) is 0 Å². The molecule has 2 heterocycles. The first-order chi connectivity index (χ1) is 8.16. The van der Waals surface area contributed by atoms with E-state index in [4.69, 9.17) is 4.74 Å². The summed E-state index contributed by atoms with van der Waals surface area (Å²) in [5.41, 5.74) is 0. The highest BCUT2D eigenvalue weighted by molar-refractivity contribution is 9.10. The normalized spacial score (nSPS) is 10.8. The third kappa shape index (κ3) is 3.03. The van der Waals surface area contributed by atoms with Crippen LogP contribution in [-0.2, 0) is 6.61 Å². The minimum atomic E-state index is 0.275. The SMILES string of the molecule is CC(C)n1ncnc1COc1cncc(Br)c1. The number of hydrogen-bond acceptors (Lipinski definition) is 4. The van der Waals surface area contributed by atoms with Crippen LogP contribution in [0.15, 0.2) is 29.3 Å². The lowest BCUT2D eigenvalue weighted by molar-refractivity contribution is 0.281. The van der Waals surface area contributed by atoms with Gasteiger partial charge in [0.2, 0.25) is 0 Å². The predicted molar refractivity (Wildman–Crippen MR) is 66.7 cm³/mol. The van der Waals surface area contributed by atoms with Gasteiger partial charge in [0, 0.05) is 16.7 Å². The summed E-state index contributed by atoms with van der Waals surface area (Å²) in [5.74, 6) is 1.51. The van der Waals surface area contributed by atoms with E-state index in [2.05, 4.69) is 44.8 Å². The second kappa shape index (κ2) is 5.27. The third-order valence-corrected chi connectivity index (χ3v) is 2.62. The fraction of sp³-hybridized carbons (Fsp3) is 0.364. The molecule has 0 aliphatic heterocycles. The minimum Gasteiger partial charge on any atom is -0.484 e. The van der Waals surface area contributed by atoms with Gasteiger partial charge in [-0.05, 0) is 35.8 Å². The Morgan fingerprint density at radius 1 is 1.41 bits per heavy atom. The van der Waals surface area contributed by atoms with E-state index in [9.17, 15) is 0 Å². The molecule has 0 unspecified atom stereocenters. The van der Waals surface area contributed by atoms with Gasteiger partial charge in [0.25, 0.3) is 0 Å². The van der Waals surface area contributed by atoms with Crippen LogP contribution in [0.4, 0.5) is 0 Å². The molecule has 0 aromatic carbocycles. The van der Waals surface area contributed by atoms with Crippen molar-refractivity contribution in [2.45, 2.75) is 26.5 Å². The molecular formula is C11H13BrN4O. The molecule has 0 spiro atoms. The molecule has 6 heteroatoms. The first-order valence-electron chi connectivity index (χ1n) is 5.28. The Morgan fingerprint density at radius 2 is 2.24 bits per heavy atom. The smallest absolute Gasteiger partial charge is 0.165 e. The van der Waals surface area contributed by atoms with Crippen molar-refractivity contribution >= 4 is 15.9 Å². The summed E-state index contributed by atoms with van der Waals surface area (Å²) in [7, 11) is 0. The zero-order valence-electron chi connectivity index (χ0n) is 9.67. The summed E-state index contributed by atoms with van der Waals surface area (Å²) in [5, 5.41) is 4.15. The highest BCUT2D eigenvalue weighted by Crippen LogP contribution is 2.17. The zero-order chi connectivity index (χ0) is 12.3. The molecule has 0 bridgehead atoms. The number of rotatable bonds is 4. The number of aromatic nitrogens is 4. The molecule has 0 saturated heterocycles. The van der Waals surface area contributed by atoms with E-state index in [1.165, 1.54) is 6.33 Å². The summed E-state index contributed by atoms with van der Waals surface area (Å²) in [6.45, 7) is 4.49. The number of nitrogens with zero attached hydrogens (tertiary/aromatic N) is 4. The number of hydrogen-bond donors (Lipinski definition) is 0. The Morgan fingerprint density at radius 3 is 2.94 bits per heavy atom. The van der Waals surface area contributed by atoms with Crippen molar-refractivity contribution in [1.29, 1.82) is 0 Å². The first-order valence-corrected chi connectivity index (χ1v) is 6.08. The number of pyridine rings is 1. The molecule has 0 amide bonds. The fourth-order valence-corrected chi connectivity index (χ4v) is 1.77. The van der Waals surface area contributed by atoms with Crippen molar-refractivity contribution in [3.05, 3.63) is 35.1 Å². The molecule has 0 atom stereocenters. The van der Waals surface area contributed by atoms with Gasteiger partial charge in [-0.15, -0.1) is 0 Å². The lowest BCUT2D eigenvalue weighted by Gasteiger charge is -2.10. The Balaban J connectivity index is 2.05. The number of ether oxygens (including phenoxy) is 1. The molecule has 2 aromatic rings. The number of halogens is 1. The average molecular weight is 297 g/mol. The lowest BCUT2D eigenvalue weighted by atomic mass is 10.4. The molecule has 0 aliphatic rings. The molecule has 5 nitrogen and oxygen atoms in total. The maximum Gasteiger partial charge on any atom is 0.165 e. The van der Waals surface area contributed by atoms with Crippen LogP contribution in [0.1, 0.15) is 25.7 Å². The van der Waals surface area contributed by atoms with Crippen LogP contribution in [0, 0.1) is 0 Å². The van der Waals surface area contributed by atoms with Gasteiger partial charge in [-0.25, -0.2) is 9.67 Å². The maximum atomic E-state index is 5.61. The van der Waals surface area contributed by atoms with Crippen LogP contribution in [0.3, 0.4) is 0 Å². The summed E-state index contributed by atoms with van der Waals surface area (Å²) >= 11 is 3.34. The highest BCUT2D eigenvalue weighted by Gasteiger charge is 2.08. The van der Waals surface area contributed by atoms with Crippen LogP contribution in [0.2, 0.25) is 0 Å². The topological polar surface area (TPSA) is 52.8 Å². The molecule has 17 heavy (non-hydrogen) atoms. The molecule has 90 valence electrons. The van der Waals surface area contributed by atoms with E-state index in [1.54, 1.807) is 12.4 Å². The van der Waals surface area contributed by atoms with Crippen LogP contribution < -0.4 is 4.74 Å². The van der Waals surface area contributed by atoms with Gasteiger partial charge in [-0.3, -0.25) is 4.98 Å². The van der Waals surface area contributed by atoms with Gasteiger partial charge >= 0.3 is 0 Å².